The molecule has 5 heteroatoms. The summed E-state index contributed by atoms with van der Waals surface area (Å²) in [4.78, 5) is 0.684. The van der Waals surface area contributed by atoms with Crippen LogP contribution in [0.3, 0.4) is 0 Å². The molecule has 0 saturated carbocycles. The van der Waals surface area contributed by atoms with Crippen molar-refractivity contribution in [2.45, 2.75) is 24.3 Å². The van der Waals surface area contributed by atoms with Crippen molar-refractivity contribution in [2.75, 3.05) is 25.5 Å². The number of benzene rings is 1. The summed E-state index contributed by atoms with van der Waals surface area (Å²) in [6.07, 6.45) is 1.01. The molecule has 0 amide bonds. The molecule has 1 aliphatic rings. The third-order valence-corrected chi connectivity index (χ3v) is 4.87. The monoisotopic (exact) mass is 285 g/mol. The van der Waals surface area contributed by atoms with Crippen molar-refractivity contribution in [3.05, 3.63) is 30.1 Å². The Labute approximate surface area is 116 Å². The predicted molar refractivity (Wildman–Crippen MR) is 74.1 cm³/mol. The van der Waals surface area contributed by atoms with Gasteiger partial charge in [0.05, 0.1) is 17.4 Å². The van der Waals surface area contributed by atoms with Crippen molar-refractivity contribution in [1.82, 2.24) is 5.32 Å². The zero-order valence-corrected chi connectivity index (χ0v) is 11.9. The predicted octanol–water partition coefficient (Wildman–Crippen LogP) is 1.95. The molecular weight excluding hydrogens is 265 g/mol. The van der Waals surface area contributed by atoms with Crippen LogP contribution in [-0.2, 0) is 15.5 Å². The Bertz CT molecular complexity index is 418. The Balaban J connectivity index is 1.99. The molecule has 0 aliphatic carbocycles. The molecule has 0 radical (unpaired) electrons. The molecule has 1 fully saturated rings. The summed E-state index contributed by atoms with van der Waals surface area (Å²) >= 11 is 0. The minimum Gasteiger partial charge on any atom is -0.381 e. The van der Waals surface area contributed by atoms with Crippen LogP contribution >= 0.6 is 0 Å². The number of halogens is 1. The summed E-state index contributed by atoms with van der Waals surface area (Å²) in [6, 6.07) is 6.10. The van der Waals surface area contributed by atoms with Gasteiger partial charge in [-0.05, 0) is 37.2 Å². The standard InChI is InChI=1S/C14H20FNO2S/c1-2-16-14(11-7-8-18-9-11)10-19(17)13-5-3-12(15)4-6-13/h3-6,11,14,16H,2,7-10H2,1H3. The van der Waals surface area contributed by atoms with E-state index >= 15 is 0 Å². The SMILES string of the molecule is CCNC(CS(=O)c1ccc(F)cc1)C1CCOC1. The third kappa shape index (κ3) is 4.09. The van der Waals surface area contributed by atoms with E-state index in [0.717, 1.165) is 26.2 Å². The highest BCUT2D eigenvalue weighted by Crippen LogP contribution is 2.19. The summed E-state index contributed by atoms with van der Waals surface area (Å²) in [6.45, 7) is 4.42. The van der Waals surface area contributed by atoms with E-state index in [9.17, 15) is 8.60 Å². The van der Waals surface area contributed by atoms with Crippen LogP contribution in [0.2, 0.25) is 0 Å². The summed E-state index contributed by atoms with van der Waals surface area (Å²) in [5.74, 6) is 0.672. The molecule has 0 bridgehead atoms. The van der Waals surface area contributed by atoms with Crippen LogP contribution in [0.4, 0.5) is 4.39 Å². The maximum Gasteiger partial charge on any atom is 0.123 e. The van der Waals surface area contributed by atoms with Gasteiger partial charge in [0.2, 0.25) is 0 Å². The van der Waals surface area contributed by atoms with Gasteiger partial charge in [-0.3, -0.25) is 4.21 Å². The molecule has 0 aromatic heterocycles. The zero-order valence-electron chi connectivity index (χ0n) is 11.1. The number of ether oxygens (including phenoxy) is 1. The van der Waals surface area contributed by atoms with Crippen LogP contribution in [0.1, 0.15) is 13.3 Å². The molecule has 1 N–H and O–H groups in total. The normalized spacial score (nSPS) is 22.3. The topological polar surface area (TPSA) is 38.3 Å². The van der Waals surface area contributed by atoms with E-state index in [1.54, 1.807) is 12.1 Å². The second kappa shape index (κ2) is 7.12. The fourth-order valence-electron chi connectivity index (χ4n) is 2.34. The maximum absolute atomic E-state index is 12.9. The van der Waals surface area contributed by atoms with Gasteiger partial charge in [-0.1, -0.05) is 6.92 Å². The first-order chi connectivity index (χ1) is 9.20. The summed E-state index contributed by atoms with van der Waals surface area (Å²) in [5, 5.41) is 3.39. The molecule has 2 rings (SSSR count). The molecule has 0 spiro atoms. The van der Waals surface area contributed by atoms with Crippen LogP contribution in [0, 0.1) is 11.7 Å². The van der Waals surface area contributed by atoms with Crippen LogP contribution in [0.5, 0.6) is 0 Å². The van der Waals surface area contributed by atoms with E-state index in [1.807, 2.05) is 6.92 Å². The van der Waals surface area contributed by atoms with Crippen molar-refractivity contribution in [3.8, 4) is 0 Å². The van der Waals surface area contributed by atoms with E-state index in [1.165, 1.54) is 12.1 Å². The Morgan fingerprint density at radius 2 is 2.21 bits per heavy atom. The van der Waals surface area contributed by atoms with Crippen molar-refractivity contribution in [2.24, 2.45) is 5.92 Å². The Kier molecular flexibility index (Phi) is 5.48. The fourth-order valence-corrected chi connectivity index (χ4v) is 3.69. The lowest BCUT2D eigenvalue weighted by Gasteiger charge is -2.22. The average Bonchev–Trinajstić information content (AvgIpc) is 2.92. The first-order valence-electron chi connectivity index (χ1n) is 6.65. The van der Waals surface area contributed by atoms with Crippen LogP contribution in [0.15, 0.2) is 29.2 Å². The lowest BCUT2D eigenvalue weighted by atomic mass is 10.0. The Hall–Kier alpha value is -0.780. The lowest BCUT2D eigenvalue weighted by Crippen LogP contribution is -2.40. The van der Waals surface area contributed by atoms with E-state index < -0.39 is 10.8 Å². The highest BCUT2D eigenvalue weighted by molar-refractivity contribution is 7.85. The summed E-state index contributed by atoms with van der Waals surface area (Å²) < 4.78 is 30.6. The molecule has 3 nitrogen and oxygen atoms in total. The number of hydrogen-bond acceptors (Lipinski definition) is 3. The van der Waals surface area contributed by atoms with E-state index in [-0.39, 0.29) is 11.9 Å². The largest absolute Gasteiger partial charge is 0.381 e. The summed E-state index contributed by atoms with van der Waals surface area (Å²) in [5.41, 5.74) is 0. The quantitative estimate of drug-likeness (QED) is 0.868. The minimum absolute atomic E-state index is 0.193. The molecule has 1 heterocycles. The number of rotatable bonds is 6. The van der Waals surface area contributed by atoms with Crippen LogP contribution in [0.25, 0.3) is 0 Å². The molecule has 1 aromatic carbocycles. The smallest absolute Gasteiger partial charge is 0.123 e. The van der Waals surface area contributed by atoms with Gasteiger partial charge in [-0.25, -0.2) is 4.39 Å². The second-order valence-electron chi connectivity index (χ2n) is 4.75. The Morgan fingerprint density at radius 1 is 1.47 bits per heavy atom. The molecule has 3 unspecified atom stereocenters. The maximum atomic E-state index is 12.9. The van der Waals surface area contributed by atoms with Gasteiger partial charge in [0.25, 0.3) is 0 Å². The van der Waals surface area contributed by atoms with Gasteiger partial charge in [0.1, 0.15) is 5.82 Å². The minimum atomic E-state index is -1.10. The summed E-state index contributed by atoms with van der Waals surface area (Å²) in [7, 11) is -1.10. The van der Waals surface area contributed by atoms with Gasteiger partial charge in [-0.2, -0.15) is 0 Å². The lowest BCUT2D eigenvalue weighted by molar-refractivity contribution is 0.179. The third-order valence-electron chi connectivity index (χ3n) is 3.41. The average molecular weight is 285 g/mol. The van der Waals surface area contributed by atoms with E-state index in [2.05, 4.69) is 5.32 Å². The van der Waals surface area contributed by atoms with Crippen molar-refractivity contribution >= 4 is 10.8 Å². The van der Waals surface area contributed by atoms with Gasteiger partial charge in [-0.15, -0.1) is 0 Å². The number of hydrogen-bond donors (Lipinski definition) is 1. The first-order valence-corrected chi connectivity index (χ1v) is 7.97. The van der Waals surface area contributed by atoms with E-state index in [4.69, 9.17) is 4.74 Å². The first kappa shape index (κ1) is 14.6. The molecule has 1 saturated heterocycles. The molecule has 106 valence electrons. The van der Waals surface area contributed by atoms with E-state index in [0.29, 0.717) is 16.6 Å². The van der Waals surface area contributed by atoms with Gasteiger partial charge in [0, 0.05) is 29.2 Å². The van der Waals surface area contributed by atoms with Crippen LogP contribution < -0.4 is 5.32 Å². The highest BCUT2D eigenvalue weighted by atomic mass is 32.2. The number of nitrogens with one attached hydrogen (secondary N) is 1. The molecule has 19 heavy (non-hydrogen) atoms. The fraction of sp³-hybridized carbons (Fsp3) is 0.571. The molecular formula is C14H20FNO2S. The molecule has 1 aliphatic heterocycles. The zero-order chi connectivity index (χ0) is 13.7. The van der Waals surface area contributed by atoms with Crippen molar-refractivity contribution in [1.29, 1.82) is 0 Å². The second-order valence-corrected chi connectivity index (χ2v) is 6.25. The van der Waals surface area contributed by atoms with Crippen molar-refractivity contribution < 1.29 is 13.3 Å². The van der Waals surface area contributed by atoms with Gasteiger partial charge < -0.3 is 10.1 Å². The molecule has 3 atom stereocenters. The van der Waals surface area contributed by atoms with Crippen LogP contribution in [-0.4, -0.2) is 35.8 Å². The Morgan fingerprint density at radius 3 is 2.79 bits per heavy atom. The van der Waals surface area contributed by atoms with Crippen molar-refractivity contribution in [3.63, 3.8) is 0 Å². The highest BCUT2D eigenvalue weighted by Gasteiger charge is 2.26. The van der Waals surface area contributed by atoms with Gasteiger partial charge in [0.15, 0.2) is 0 Å². The van der Waals surface area contributed by atoms with Gasteiger partial charge >= 0.3 is 0 Å². The molecule has 1 aromatic rings.